The van der Waals surface area contributed by atoms with Crippen LogP contribution in [0.4, 0.5) is 8.78 Å². The van der Waals surface area contributed by atoms with Gasteiger partial charge in [0.15, 0.2) is 4.21 Å². The molecule has 1 aromatic heterocycles. The van der Waals surface area contributed by atoms with Crippen LogP contribution in [0.5, 0.6) is 0 Å². The Bertz CT molecular complexity index is 1290. The number of fused-ring (bicyclic) bond motifs is 1. The van der Waals surface area contributed by atoms with Gasteiger partial charge in [-0.15, -0.1) is 11.3 Å². The number of benzene rings is 1. The third kappa shape index (κ3) is 4.53. The van der Waals surface area contributed by atoms with Crippen LogP contribution >= 0.6 is 11.3 Å². The van der Waals surface area contributed by atoms with E-state index in [2.05, 4.69) is 9.71 Å². The van der Waals surface area contributed by atoms with E-state index in [9.17, 15) is 32.7 Å². The Morgan fingerprint density at radius 2 is 2.00 bits per heavy atom. The van der Waals surface area contributed by atoms with Gasteiger partial charge in [-0.2, -0.15) is 5.26 Å². The molecule has 1 atom stereocenters. The Balaban J connectivity index is 2.07. The largest absolute Gasteiger partial charge is 0.390 e. The quantitative estimate of drug-likeness (QED) is 0.560. The third-order valence-corrected chi connectivity index (χ3v) is 8.74. The Labute approximate surface area is 195 Å². The molecular formula is C22H25F2N3O4S2. The second kappa shape index (κ2) is 8.76. The van der Waals surface area contributed by atoms with E-state index in [1.807, 2.05) is 0 Å². The lowest BCUT2D eigenvalue weighted by atomic mass is 9.80. The maximum absolute atomic E-state index is 15.0. The van der Waals surface area contributed by atoms with Gasteiger partial charge in [-0.1, -0.05) is 26.8 Å². The van der Waals surface area contributed by atoms with Gasteiger partial charge in [-0.05, 0) is 36.5 Å². The van der Waals surface area contributed by atoms with Crippen molar-refractivity contribution in [3.8, 4) is 6.07 Å². The molecule has 0 fully saturated rings. The molecule has 7 nitrogen and oxygen atoms in total. The number of halogens is 2. The zero-order chi connectivity index (χ0) is 24.9. The highest BCUT2D eigenvalue weighted by molar-refractivity contribution is 7.91. The van der Waals surface area contributed by atoms with Crippen LogP contribution in [0.3, 0.4) is 0 Å². The highest BCUT2D eigenvalue weighted by Gasteiger charge is 2.34. The maximum atomic E-state index is 15.0. The molecule has 11 heteroatoms. The molecule has 0 spiro atoms. The molecule has 1 aliphatic carbocycles. The number of aliphatic hydroxyl groups is 2. The van der Waals surface area contributed by atoms with Gasteiger partial charge in [-0.3, -0.25) is 4.72 Å². The summed E-state index contributed by atoms with van der Waals surface area (Å²) >= 11 is 0.736. The molecule has 0 bridgehead atoms. The van der Waals surface area contributed by atoms with Crippen LogP contribution < -0.4 is 4.72 Å². The van der Waals surface area contributed by atoms with E-state index in [4.69, 9.17) is 0 Å². The second-order valence-electron chi connectivity index (χ2n) is 8.81. The van der Waals surface area contributed by atoms with Crippen molar-refractivity contribution in [3.05, 3.63) is 56.4 Å². The van der Waals surface area contributed by atoms with E-state index in [-0.39, 0.29) is 44.1 Å². The molecule has 0 radical (unpaired) electrons. The van der Waals surface area contributed by atoms with Gasteiger partial charge in [-0.25, -0.2) is 22.2 Å². The summed E-state index contributed by atoms with van der Waals surface area (Å²) in [6, 6.07) is 1.60. The summed E-state index contributed by atoms with van der Waals surface area (Å²) in [7, 11) is -4.21. The minimum Gasteiger partial charge on any atom is -0.390 e. The first-order valence-electron chi connectivity index (χ1n) is 10.2. The molecule has 1 heterocycles. The van der Waals surface area contributed by atoms with Crippen molar-refractivity contribution in [3.63, 3.8) is 0 Å². The monoisotopic (exact) mass is 497 g/mol. The highest BCUT2D eigenvalue weighted by Crippen LogP contribution is 2.40. The number of aromatic nitrogens is 1. The van der Waals surface area contributed by atoms with Crippen LogP contribution in [0.1, 0.15) is 79.4 Å². The van der Waals surface area contributed by atoms with Gasteiger partial charge >= 0.3 is 0 Å². The first-order chi connectivity index (χ1) is 15.2. The fourth-order valence-corrected chi connectivity index (χ4v) is 6.58. The summed E-state index contributed by atoms with van der Waals surface area (Å²) in [6.45, 7) is 7.32. The molecule has 1 aromatic carbocycles. The highest BCUT2D eigenvalue weighted by atomic mass is 32.2. The molecule has 3 N–H and O–H groups in total. The molecule has 0 saturated carbocycles. The standard InChI is InChI=1S/C22H25F2N3O4S2/c1-10(2)16-13-7-12(6-11(3)17(13)19(24)14(8-25)18(16)23)27-33(30,31)20-15(9-28)26-21(32-20)22(4,5)29/h6,10-11,27-29H,7,9H2,1-5H3. The van der Waals surface area contributed by atoms with E-state index in [1.165, 1.54) is 19.9 Å². The normalized spacial score (nSPS) is 16.4. The van der Waals surface area contributed by atoms with Gasteiger partial charge < -0.3 is 10.2 Å². The number of nitrogens with one attached hydrogen (secondary N) is 1. The van der Waals surface area contributed by atoms with Crippen LogP contribution in [-0.4, -0.2) is 23.6 Å². The number of nitrogens with zero attached hydrogens (tertiary/aromatic N) is 2. The molecule has 0 aliphatic heterocycles. The minimum absolute atomic E-state index is 0.0857. The van der Waals surface area contributed by atoms with Crippen molar-refractivity contribution in [2.24, 2.45) is 0 Å². The number of aliphatic hydroxyl groups excluding tert-OH is 1. The number of hydrogen-bond donors (Lipinski definition) is 3. The number of rotatable bonds is 6. The second-order valence-corrected chi connectivity index (χ2v) is 11.7. The predicted molar refractivity (Wildman–Crippen MR) is 119 cm³/mol. The van der Waals surface area contributed by atoms with E-state index < -0.39 is 45.3 Å². The lowest BCUT2D eigenvalue weighted by molar-refractivity contribution is 0.0779. The van der Waals surface area contributed by atoms with E-state index >= 15 is 0 Å². The molecule has 2 aromatic rings. The van der Waals surface area contributed by atoms with Crippen LogP contribution in [0.2, 0.25) is 0 Å². The Morgan fingerprint density at radius 1 is 1.36 bits per heavy atom. The topological polar surface area (TPSA) is 123 Å². The molecule has 3 rings (SSSR count). The lowest BCUT2D eigenvalue weighted by Gasteiger charge is -2.28. The summed E-state index contributed by atoms with van der Waals surface area (Å²) in [4.78, 5) is 4.04. The van der Waals surface area contributed by atoms with Crippen molar-refractivity contribution < 1.29 is 27.4 Å². The number of thiazole rings is 1. The number of sulfonamides is 1. The number of hydrogen-bond acceptors (Lipinski definition) is 7. The third-order valence-electron chi connectivity index (χ3n) is 5.37. The van der Waals surface area contributed by atoms with Gasteiger partial charge in [0.25, 0.3) is 10.0 Å². The average Bonchev–Trinajstić information content (AvgIpc) is 3.13. The number of nitriles is 1. The fraction of sp³-hybridized carbons (Fsp3) is 0.455. The van der Waals surface area contributed by atoms with E-state index in [1.54, 1.807) is 26.8 Å². The molecule has 1 aliphatic rings. The van der Waals surface area contributed by atoms with Crippen molar-refractivity contribution in [1.29, 1.82) is 5.26 Å². The first-order valence-corrected chi connectivity index (χ1v) is 12.5. The Kier molecular flexibility index (Phi) is 6.70. The average molecular weight is 498 g/mol. The van der Waals surface area contributed by atoms with Crippen molar-refractivity contribution in [2.45, 2.75) is 69.3 Å². The molecule has 0 amide bonds. The lowest BCUT2D eigenvalue weighted by Crippen LogP contribution is -2.28. The van der Waals surface area contributed by atoms with E-state index in [0.29, 0.717) is 5.56 Å². The molecule has 178 valence electrons. The molecule has 0 saturated heterocycles. The first kappa shape index (κ1) is 25.2. The molecule has 1 unspecified atom stereocenters. The number of allylic oxidation sites excluding steroid dienone is 2. The van der Waals surface area contributed by atoms with E-state index in [0.717, 1.165) is 11.3 Å². The maximum Gasteiger partial charge on any atom is 0.273 e. The van der Waals surface area contributed by atoms with Gasteiger partial charge in [0.2, 0.25) is 0 Å². The fourth-order valence-electron chi connectivity index (χ4n) is 3.97. The predicted octanol–water partition coefficient (Wildman–Crippen LogP) is 3.66. The van der Waals surface area contributed by atoms with Gasteiger partial charge in [0.05, 0.1) is 12.3 Å². The van der Waals surface area contributed by atoms with Gasteiger partial charge in [0, 0.05) is 18.0 Å². The SMILES string of the molecule is CC(C)c1c(F)c(C#N)c(F)c2c1CC(NS(=O)(=O)c1sc(C(C)(C)O)nc1CO)=CC2C. The smallest absolute Gasteiger partial charge is 0.273 e. The molecule has 33 heavy (non-hydrogen) atoms. The summed E-state index contributed by atoms with van der Waals surface area (Å²) in [5.74, 6) is -2.85. The van der Waals surface area contributed by atoms with Crippen molar-refractivity contribution in [2.75, 3.05) is 0 Å². The van der Waals surface area contributed by atoms with Gasteiger partial charge in [0.1, 0.15) is 33.9 Å². The summed E-state index contributed by atoms with van der Waals surface area (Å²) in [6.07, 6.45) is 1.43. The summed E-state index contributed by atoms with van der Waals surface area (Å²) in [5.41, 5.74) is -1.26. The summed E-state index contributed by atoms with van der Waals surface area (Å²) in [5, 5.41) is 29.1. The van der Waals surface area contributed by atoms with Crippen molar-refractivity contribution >= 4 is 21.4 Å². The Hall–Kier alpha value is -2.39. The molecular weight excluding hydrogens is 472 g/mol. The minimum atomic E-state index is -4.21. The van der Waals surface area contributed by atoms with Crippen molar-refractivity contribution in [1.82, 2.24) is 9.71 Å². The Morgan fingerprint density at radius 3 is 2.52 bits per heavy atom. The van der Waals surface area contributed by atoms with Crippen LogP contribution in [0.25, 0.3) is 0 Å². The van der Waals surface area contributed by atoms with Crippen LogP contribution in [0, 0.1) is 23.0 Å². The summed E-state index contributed by atoms with van der Waals surface area (Å²) < 4.78 is 58.4. The van der Waals surface area contributed by atoms with Crippen LogP contribution in [0.15, 0.2) is 16.0 Å². The zero-order valence-electron chi connectivity index (χ0n) is 18.8. The van der Waals surface area contributed by atoms with Crippen LogP contribution in [-0.2, 0) is 28.7 Å². The zero-order valence-corrected chi connectivity index (χ0v) is 20.5.